The summed E-state index contributed by atoms with van der Waals surface area (Å²) in [5, 5.41) is 8.82. The molecule has 0 spiro atoms. The van der Waals surface area contributed by atoms with Crippen molar-refractivity contribution in [3.05, 3.63) is 62.4 Å². The highest BCUT2D eigenvalue weighted by Crippen LogP contribution is 2.04. The van der Waals surface area contributed by atoms with Crippen molar-refractivity contribution < 1.29 is 0 Å². The maximum Gasteiger partial charge on any atom is 0.331 e. The molecule has 0 amide bonds. The van der Waals surface area contributed by atoms with E-state index < -0.39 is 11.2 Å². The van der Waals surface area contributed by atoms with Crippen molar-refractivity contribution in [2.45, 2.75) is 6.54 Å². The lowest BCUT2D eigenvalue weighted by Gasteiger charge is -2.08. The third-order valence-electron chi connectivity index (χ3n) is 2.75. The molecule has 0 aliphatic heterocycles. The van der Waals surface area contributed by atoms with E-state index in [4.69, 9.17) is 11.0 Å². The van der Waals surface area contributed by atoms with Gasteiger partial charge < -0.3 is 10.3 Å². The molecule has 0 aliphatic rings. The summed E-state index contributed by atoms with van der Waals surface area (Å²) >= 11 is 0. The standard InChI is InChI=1S/C13H12N4O2/c1-16-8-11(15)12(18)17(13(16)19)7-10-4-2-3-9(5-10)6-14/h2-5,8H,7,15H2,1H3. The van der Waals surface area contributed by atoms with E-state index in [-0.39, 0.29) is 12.2 Å². The van der Waals surface area contributed by atoms with Gasteiger partial charge in [-0.3, -0.25) is 9.36 Å². The molecule has 1 aromatic heterocycles. The van der Waals surface area contributed by atoms with Gasteiger partial charge in [-0.25, -0.2) is 4.79 Å². The van der Waals surface area contributed by atoms with E-state index in [1.165, 1.54) is 17.8 Å². The molecule has 0 saturated heterocycles. The third kappa shape index (κ3) is 2.40. The second-order valence-corrected chi connectivity index (χ2v) is 4.18. The Morgan fingerprint density at radius 1 is 1.37 bits per heavy atom. The van der Waals surface area contributed by atoms with Crippen LogP contribution in [0, 0.1) is 11.3 Å². The van der Waals surface area contributed by atoms with Crippen molar-refractivity contribution in [2.24, 2.45) is 7.05 Å². The Hall–Kier alpha value is -2.81. The van der Waals surface area contributed by atoms with Crippen LogP contribution in [-0.2, 0) is 13.6 Å². The van der Waals surface area contributed by atoms with Gasteiger partial charge in [-0.2, -0.15) is 5.26 Å². The van der Waals surface area contributed by atoms with Crippen LogP contribution in [0.2, 0.25) is 0 Å². The predicted octanol–water partition coefficient (Wildman–Crippen LogP) is 0.0492. The average Bonchev–Trinajstić information content (AvgIpc) is 2.41. The van der Waals surface area contributed by atoms with Gasteiger partial charge in [0.25, 0.3) is 5.56 Å². The van der Waals surface area contributed by atoms with Crippen molar-refractivity contribution in [3.63, 3.8) is 0 Å². The topological polar surface area (TPSA) is 93.8 Å². The highest BCUT2D eigenvalue weighted by Gasteiger charge is 2.08. The van der Waals surface area contributed by atoms with Crippen LogP contribution in [0.4, 0.5) is 5.69 Å². The summed E-state index contributed by atoms with van der Waals surface area (Å²) in [6.07, 6.45) is 1.30. The molecule has 0 aliphatic carbocycles. The van der Waals surface area contributed by atoms with Gasteiger partial charge >= 0.3 is 5.69 Å². The molecule has 0 saturated carbocycles. The predicted molar refractivity (Wildman–Crippen MR) is 70.6 cm³/mol. The minimum atomic E-state index is -0.523. The zero-order valence-corrected chi connectivity index (χ0v) is 10.3. The second-order valence-electron chi connectivity index (χ2n) is 4.18. The van der Waals surface area contributed by atoms with E-state index in [9.17, 15) is 9.59 Å². The summed E-state index contributed by atoms with van der Waals surface area (Å²) in [7, 11) is 1.53. The van der Waals surface area contributed by atoms with Crippen molar-refractivity contribution >= 4 is 5.69 Å². The summed E-state index contributed by atoms with van der Waals surface area (Å²) in [4.78, 5) is 23.8. The molecule has 96 valence electrons. The average molecular weight is 256 g/mol. The summed E-state index contributed by atoms with van der Waals surface area (Å²) in [5.41, 5.74) is 5.78. The number of benzene rings is 1. The van der Waals surface area contributed by atoms with Gasteiger partial charge in [0, 0.05) is 13.2 Å². The Balaban J connectivity index is 2.53. The van der Waals surface area contributed by atoms with Crippen LogP contribution >= 0.6 is 0 Å². The van der Waals surface area contributed by atoms with Crippen LogP contribution in [0.15, 0.2) is 40.1 Å². The Labute approximate surface area is 108 Å². The van der Waals surface area contributed by atoms with Crippen LogP contribution in [0.3, 0.4) is 0 Å². The fraction of sp³-hybridized carbons (Fsp3) is 0.154. The third-order valence-corrected chi connectivity index (χ3v) is 2.75. The molecule has 1 heterocycles. The lowest BCUT2D eigenvalue weighted by molar-refractivity contribution is 0.643. The lowest BCUT2D eigenvalue weighted by Crippen LogP contribution is -2.39. The van der Waals surface area contributed by atoms with E-state index in [1.807, 2.05) is 6.07 Å². The van der Waals surface area contributed by atoms with Gasteiger partial charge in [-0.1, -0.05) is 12.1 Å². The van der Waals surface area contributed by atoms with Gasteiger partial charge in [0.05, 0.1) is 18.2 Å². The van der Waals surface area contributed by atoms with E-state index in [1.54, 1.807) is 24.3 Å². The van der Waals surface area contributed by atoms with Crippen LogP contribution < -0.4 is 17.0 Å². The zero-order valence-electron chi connectivity index (χ0n) is 10.3. The van der Waals surface area contributed by atoms with Crippen molar-refractivity contribution in [2.75, 3.05) is 5.73 Å². The highest BCUT2D eigenvalue weighted by molar-refractivity contribution is 5.34. The fourth-order valence-corrected chi connectivity index (χ4v) is 1.81. The SMILES string of the molecule is Cn1cc(N)c(=O)n(Cc2cccc(C#N)c2)c1=O. The Bertz CT molecular complexity index is 746. The zero-order chi connectivity index (χ0) is 14.0. The number of nitrogens with zero attached hydrogens (tertiary/aromatic N) is 3. The molecule has 2 N–H and O–H groups in total. The summed E-state index contributed by atoms with van der Waals surface area (Å²) in [6.45, 7) is 0.0894. The van der Waals surface area contributed by atoms with Crippen LogP contribution in [0.1, 0.15) is 11.1 Å². The molecule has 2 rings (SSSR count). The smallest absolute Gasteiger partial charge is 0.331 e. The Morgan fingerprint density at radius 3 is 2.79 bits per heavy atom. The molecule has 6 nitrogen and oxygen atoms in total. The van der Waals surface area contributed by atoms with Crippen molar-refractivity contribution in [3.8, 4) is 6.07 Å². The number of aryl methyl sites for hydroxylation is 1. The normalized spacial score (nSPS) is 10.1. The number of nitriles is 1. The van der Waals surface area contributed by atoms with E-state index in [0.717, 1.165) is 4.57 Å². The van der Waals surface area contributed by atoms with Gasteiger partial charge in [-0.05, 0) is 17.7 Å². The fourth-order valence-electron chi connectivity index (χ4n) is 1.81. The number of nitrogens with two attached hydrogens (primary N) is 1. The van der Waals surface area contributed by atoms with Gasteiger partial charge in [0.2, 0.25) is 0 Å². The van der Waals surface area contributed by atoms with Crippen molar-refractivity contribution in [1.82, 2.24) is 9.13 Å². The monoisotopic (exact) mass is 256 g/mol. The molecule has 0 fully saturated rings. The number of anilines is 1. The van der Waals surface area contributed by atoms with Gasteiger partial charge in [-0.15, -0.1) is 0 Å². The first kappa shape index (κ1) is 12.6. The van der Waals surface area contributed by atoms with Crippen LogP contribution in [-0.4, -0.2) is 9.13 Å². The molecule has 0 bridgehead atoms. The van der Waals surface area contributed by atoms with Crippen LogP contribution in [0.5, 0.6) is 0 Å². The Morgan fingerprint density at radius 2 is 2.11 bits per heavy atom. The second kappa shape index (κ2) is 4.82. The van der Waals surface area contributed by atoms with E-state index >= 15 is 0 Å². The molecule has 0 radical (unpaired) electrons. The summed E-state index contributed by atoms with van der Waals surface area (Å²) in [5.74, 6) is 0. The van der Waals surface area contributed by atoms with E-state index in [2.05, 4.69) is 0 Å². The summed E-state index contributed by atoms with van der Waals surface area (Å²) < 4.78 is 2.30. The van der Waals surface area contributed by atoms with Crippen LogP contribution in [0.25, 0.3) is 0 Å². The maximum absolute atomic E-state index is 11.9. The number of hydrogen-bond acceptors (Lipinski definition) is 4. The largest absolute Gasteiger partial charge is 0.393 e. The van der Waals surface area contributed by atoms with E-state index in [0.29, 0.717) is 11.1 Å². The minimum absolute atomic E-state index is 0.0125. The molecule has 1 aromatic carbocycles. The molecular formula is C13H12N4O2. The first-order chi connectivity index (χ1) is 9.02. The molecule has 0 unspecified atom stereocenters. The van der Waals surface area contributed by atoms with Gasteiger partial charge in [0.15, 0.2) is 0 Å². The number of aromatic nitrogens is 2. The minimum Gasteiger partial charge on any atom is -0.393 e. The lowest BCUT2D eigenvalue weighted by atomic mass is 10.1. The molecule has 19 heavy (non-hydrogen) atoms. The summed E-state index contributed by atoms with van der Waals surface area (Å²) in [6, 6.07) is 8.75. The number of hydrogen-bond donors (Lipinski definition) is 1. The molecule has 6 heteroatoms. The number of rotatable bonds is 2. The first-order valence-corrected chi connectivity index (χ1v) is 5.58. The number of nitrogen functional groups attached to an aromatic ring is 1. The van der Waals surface area contributed by atoms with Gasteiger partial charge in [0.1, 0.15) is 5.69 Å². The first-order valence-electron chi connectivity index (χ1n) is 5.58. The molecular weight excluding hydrogens is 244 g/mol. The maximum atomic E-state index is 11.9. The molecule has 2 aromatic rings. The highest BCUT2D eigenvalue weighted by atomic mass is 16.2. The Kier molecular flexibility index (Phi) is 3.21. The molecule has 0 atom stereocenters. The van der Waals surface area contributed by atoms with Crippen molar-refractivity contribution in [1.29, 1.82) is 5.26 Å². The quantitative estimate of drug-likeness (QED) is 0.821.